The Bertz CT molecular complexity index is 531. The van der Waals surface area contributed by atoms with Crippen molar-refractivity contribution in [2.45, 2.75) is 25.0 Å². The second-order valence-electron chi connectivity index (χ2n) is 5.14. The molecule has 19 heavy (non-hydrogen) atoms. The van der Waals surface area contributed by atoms with Crippen molar-refractivity contribution in [3.05, 3.63) is 36.5 Å². The van der Waals surface area contributed by atoms with Gasteiger partial charge in [0.1, 0.15) is 5.69 Å². The standard InChI is InChI=1S/C14H18N4O/c19-14(6-8-15-9-7-14)11-18-10-13(16-17-18)12-4-2-1-3-5-12/h1-5,10,15,19H,6-9,11H2. The number of aliphatic hydroxyl groups is 1. The molecule has 2 N–H and O–H groups in total. The Morgan fingerprint density at radius 3 is 2.68 bits per heavy atom. The van der Waals surface area contributed by atoms with Crippen molar-refractivity contribution in [2.75, 3.05) is 13.1 Å². The molecule has 2 heterocycles. The van der Waals surface area contributed by atoms with E-state index in [2.05, 4.69) is 15.6 Å². The van der Waals surface area contributed by atoms with Gasteiger partial charge in [0.2, 0.25) is 0 Å². The van der Waals surface area contributed by atoms with Gasteiger partial charge >= 0.3 is 0 Å². The van der Waals surface area contributed by atoms with Crippen LogP contribution in [-0.2, 0) is 6.54 Å². The Labute approximate surface area is 112 Å². The highest BCUT2D eigenvalue weighted by Crippen LogP contribution is 2.21. The molecular formula is C14H18N4O. The summed E-state index contributed by atoms with van der Waals surface area (Å²) >= 11 is 0. The molecule has 0 amide bonds. The summed E-state index contributed by atoms with van der Waals surface area (Å²) in [6.45, 7) is 2.22. The number of hydrogen-bond donors (Lipinski definition) is 2. The molecule has 1 aromatic heterocycles. The van der Waals surface area contributed by atoms with Crippen LogP contribution in [0.15, 0.2) is 36.5 Å². The molecule has 5 heteroatoms. The Kier molecular flexibility index (Phi) is 3.31. The summed E-state index contributed by atoms with van der Waals surface area (Å²) in [5.74, 6) is 0. The lowest BCUT2D eigenvalue weighted by molar-refractivity contribution is -0.00863. The first-order chi connectivity index (χ1) is 9.25. The molecular weight excluding hydrogens is 240 g/mol. The number of aromatic nitrogens is 3. The summed E-state index contributed by atoms with van der Waals surface area (Å²) in [7, 11) is 0. The minimum absolute atomic E-state index is 0.508. The fourth-order valence-corrected chi connectivity index (χ4v) is 2.47. The molecule has 1 saturated heterocycles. The van der Waals surface area contributed by atoms with E-state index in [0.717, 1.165) is 37.2 Å². The first-order valence-corrected chi connectivity index (χ1v) is 6.64. The van der Waals surface area contributed by atoms with Gasteiger partial charge in [0.15, 0.2) is 0 Å². The van der Waals surface area contributed by atoms with E-state index in [0.29, 0.717) is 6.54 Å². The predicted molar refractivity (Wildman–Crippen MR) is 72.5 cm³/mol. The van der Waals surface area contributed by atoms with E-state index < -0.39 is 5.60 Å². The van der Waals surface area contributed by atoms with Crippen molar-refractivity contribution in [3.63, 3.8) is 0 Å². The molecule has 0 unspecified atom stereocenters. The average molecular weight is 258 g/mol. The Hall–Kier alpha value is -1.72. The average Bonchev–Trinajstić information content (AvgIpc) is 2.88. The van der Waals surface area contributed by atoms with Crippen molar-refractivity contribution in [1.82, 2.24) is 20.3 Å². The zero-order valence-corrected chi connectivity index (χ0v) is 10.8. The number of benzene rings is 1. The third-order valence-corrected chi connectivity index (χ3v) is 3.60. The quantitative estimate of drug-likeness (QED) is 0.864. The van der Waals surface area contributed by atoms with Crippen LogP contribution in [-0.4, -0.2) is 38.8 Å². The van der Waals surface area contributed by atoms with Gasteiger partial charge in [-0.3, -0.25) is 0 Å². The van der Waals surface area contributed by atoms with Gasteiger partial charge in [0.25, 0.3) is 0 Å². The SMILES string of the molecule is OC1(Cn2cc(-c3ccccc3)nn2)CCNCC1. The first-order valence-electron chi connectivity index (χ1n) is 6.64. The number of nitrogens with one attached hydrogen (secondary N) is 1. The van der Waals surface area contributed by atoms with E-state index in [-0.39, 0.29) is 0 Å². The van der Waals surface area contributed by atoms with Crippen LogP contribution in [0.1, 0.15) is 12.8 Å². The van der Waals surface area contributed by atoms with Crippen LogP contribution in [0, 0.1) is 0 Å². The molecule has 1 aromatic carbocycles. The van der Waals surface area contributed by atoms with Gasteiger partial charge in [-0.05, 0) is 25.9 Å². The zero-order valence-electron chi connectivity index (χ0n) is 10.8. The molecule has 0 radical (unpaired) electrons. The summed E-state index contributed by atoms with van der Waals surface area (Å²) in [5, 5.41) is 22.0. The molecule has 0 spiro atoms. The van der Waals surface area contributed by atoms with Crippen molar-refractivity contribution in [2.24, 2.45) is 0 Å². The van der Waals surface area contributed by atoms with Gasteiger partial charge in [0, 0.05) is 5.56 Å². The molecule has 2 aromatic rings. The lowest BCUT2D eigenvalue weighted by Gasteiger charge is -2.32. The van der Waals surface area contributed by atoms with Gasteiger partial charge < -0.3 is 10.4 Å². The molecule has 1 aliphatic heterocycles. The molecule has 3 rings (SSSR count). The van der Waals surface area contributed by atoms with Crippen molar-refractivity contribution < 1.29 is 5.11 Å². The molecule has 1 fully saturated rings. The van der Waals surface area contributed by atoms with Crippen molar-refractivity contribution in [1.29, 1.82) is 0 Å². The van der Waals surface area contributed by atoms with E-state index in [1.54, 1.807) is 4.68 Å². The van der Waals surface area contributed by atoms with E-state index in [1.165, 1.54) is 0 Å². The van der Waals surface area contributed by atoms with Crippen LogP contribution in [0.25, 0.3) is 11.3 Å². The van der Waals surface area contributed by atoms with Gasteiger partial charge in [-0.15, -0.1) is 5.10 Å². The maximum Gasteiger partial charge on any atom is 0.113 e. The molecule has 0 bridgehead atoms. The van der Waals surface area contributed by atoms with Gasteiger partial charge in [-0.25, -0.2) is 4.68 Å². The number of rotatable bonds is 3. The topological polar surface area (TPSA) is 63.0 Å². The van der Waals surface area contributed by atoms with Crippen LogP contribution in [0.5, 0.6) is 0 Å². The first kappa shape index (κ1) is 12.3. The number of nitrogens with zero attached hydrogens (tertiary/aromatic N) is 3. The van der Waals surface area contributed by atoms with Gasteiger partial charge in [-0.1, -0.05) is 35.5 Å². The van der Waals surface area contributed by atoms with Gasteiger partial charge in [-0.2, -0.15) is 0 Å². The van der Waals surface area contributed by atoms with Crippen LogP contribution in [0.2, 0.25) is 0 Å². The smallest absolute Gasteiger partial charge is 0.113 e. The fraction of sp³-hybridized carbons (Fsp3) is 0.429. The molecule has 1 aliphatic rings. The van der Waals surface area contributed by atoms with E-state index >= 15 is 0 Å². The lowest BCUT2D eigenvalue weighted by Crippen LogP contribution is -2.44. The summed E-state index contributed by atoms with van der Waals surface area (Å²) in [5.41, 5.74) is 1.23. The van der Waals surface area contributed by atoms with Crippen LogP contribution in [0.3, 0.4) is 0 Å². The van der Waals surface area contributed by atoms with Crippen LogP contribution >= 0.6 is 0 Å². The highest BCUT2D eigenvalue weighted by molar-refractivity contribution is 5.57. The largest absolute Gasteiger partial charge is 0.388 e. The Morgan fingerprint density at radius 1 is 1.21 bits per heavy atom. The molecule has 0 saturated carbocycles. The van der Waals surface area contributed by atoms with E-state index in [9.17, 15) is 5.11 Å². The highest BCUT2D eigenvalue weighted by Gasteiger charge is 2.30. The highest BCUT2D eigenvalue weighted by atomic mass is 16.3. The normalized spacial score (nSPS) is 18.4. The van der Waals surface area contributed by atoms with Crippen molar-refractivity contribution in [3.8, 4) is 11.3 Å². The van der Waals surface area contributed by atoms with E-state index in [4.69, 9.17) is 0 Å². The van der Waals surface area contributed by atoms with Gasteiger partial charge in [0.05, 0.1) is 18.3 Å². The number of hydrogen-bond acceptors (Lipinski definition) is 4. The molecule has 5 nitrogen and oxygen atoms in total. The van der Waals surface area contributed by atoms with Crippen LogP contribution < -0.4 is 5.32 Å². The molecule has 0 aliphatic carbocycles. The zero-order chi connectivity index (χ0) is 13.1. The van der Waals surface area contributed by atoms with Crippen molar-refractivity contribution >= 4 is 0 Å². The summed E-state index contributed by atoms with van der Waals surface area (Å²) in [4.78, 5) is 0. The maximum absolute atomic E-state index is 10.5. The second kappa shape index (κ2) is 5.11. The lowest BCUT2D eigenvalue weighted by atomic mass is 9.92. The summed E-state index contributed by atoms with van der Waals surface area (Å²) in [6, 6.07) is 9.95. The summed E-state index contributed by atoms with van der Waals surface area (Å²) in [6.07, 6.45) is 3.41. The maximum atomic E-state index is 10.5. The monoisotopic (exact) mass is 258 g/mol. The van der Waals surface area contributed by atoms with E-state index in [1.807, 2.05) is 36.5 Å². The summed E-state index contributed by atoms with van der Waals surface area (Å²) < 4.78 is 1.74. The second-order valence-corrected chi connectivity index (χ2v) is 5.14. The third-order valence-electron chi connectivity index (χ3n) is 3.60. The Morgan fingerprint density at radius 2 is 1.95 bits per heavy atom. The Balaban J connectivity index is 1.75. The minimum Gasteiger partial charge on any atom is -0.388 e. The fourth-order valence-electron chi connectivity index (χ4n) is 2.47. The third kappa shape index (κ3) is 2.83. The number of piperidine rings is 1. The van der Waals surface area contributed by atoms with Crippen LogP contribution in [0.4, 0.5) is 0 Å². The molecule has 100 valence electrons. The molecule has 0 atom stereocenters. The minimum atomic E-state index is -0.660. The predicted octanol–water partition coefficient (Wildman–Crippen LogP) is 1.06.